The zero-order valence-corrected chi connectivity index (χ0v) is 16.6. The Morgan fingerprint density at radius 2 is 1.92 bits per heavy atom. The molecule has 2 aromatic rings. The van der Waals surface area contributed by atoms with Crippen LogP contribution in [0.1, 0.15) is 30.6 Å². The highest BCUT2D eigenvalue weighted by atomic mass is 127. The number of hydrogen-bond acceptors (Lipinski definition) is 6. The van der Waals surface area contributed by atoms with E-state index in [1.165, 1.54) is 11.0 Å². The molecule has 0 aliphatic rings. The summed E-state index contributed by atoms with van der Waals surface area (Å²) in [6.07, 6.45) is 0.805. The third-order valence-corrected chi connectivity index (χ3v) is 5.44. The lowest BCUT2D eigenvalue weighted by Crippen LogP contribution is -2.41. The highest BCUT2D eigenvalue weighted by molar-refractivity contribution is 14.1. The minimum Gasteiger partial charge on any atom is -0.505 e. The van der Waals surface area contributed by atoms with Crippen LogP contribution in [-0.2, 0) is 0 Å². The van der Waals surface area contributed by atoms with Crippen molar-refractivity contribution in [2.45, 2.75) is 26.3 Å². The molecule has 25 heavy (non-hydrogen) atoms. The summed E-state index contributed by atoms with van der Waals surface area (Å²) >= 11 is 2.00. The highest BCUT2D eigenvalue weighted by Crippen LogP contribution is 2.34. The van der Waals surface area contributed by atoms with Gasteiger partial charge in [0.1, 0.15) is 11.4 Å². The summed E-state index contributed by atoms with van der Waals surface area (Å²) in [5.41, 5.74) is -0.465. The van der Waals surface area contributed by atoms with Crippen molar-refractivity contribution >= 4 is 45.8 Å². The van der Waals surface area contributed by atoms with E-state index in [9.17, 15) is 19.5 Å². The fourth-order valence-electron chi connectivity index (χ4n) is 2.27. The number of anilines is 3. The molecule has 7 nitrogen and oxygen atoms in total. The number of nitrogens with zero attached hydrogens (tertiary/aromatic N) is 2. The van der Waals surface area contributed by atoms with Gasteiger partial charge in [0.2, 0.25) is 0 Å². The van der Waals surface area contributed by atoms with Gasteiger partial charge >= 0.3 is 0 Å². The number of phenolic OH excluding ortho intramolecular Hbond substituents is 1. The Morgan fingerprint density at radius 3 is 2.48 bits per heavy atom. The summed E-state index contributed by atoms with van der Waals surface area (Å²) in [6.45, 7) is 3.93. The lowest BCUT2D eigenvalue weighted by atomic mass is 10.1. The first-order chi connectivity index (χ1) is 11.7. The summed E-state index contributed by atoms with van der Waals surface area (Å²) < 4.78 is 1.72. The standard InChI is InChI=1S/C17H20IN3O4/c1-5-9(2)21(18)13-12(15(23)16(13)24)19-11-8-6-7-10(14(11)22)17(25)20(3)4/h6-9,19,22H,5H2,1-4H3. The van der Waals surface area contributed by atoms with Crippen LogP contribution in [0.15, 0.2) is 27.8 Å². The molecule has 0 saturated carbocycles. The maximum absolute atomic E-state index is 12.1. The van der Waals surface area contributed by atoms with Gasteiger partial charge in [-0.3, -0.25) is 14.4 Å². The first-order valence-electron chi connectivity index (χ1n) is 7.79. The highest BCUT2D eigenvalue weighted by Gasteiger charge is 2.28. The molecule has 1 unspecified atom stereocenters. The van der Waals surface area contributed by atoms with Gasteiger partial charge in [-0.25, -0.2) is 0 Å². The number of carbonyl (C=O) groups is 1. The van der Waals surface area contributed by atoms with Crippen LogP contribution in [0.25, 0.3) is 0 Å². The van der Waals surface area contributed by atoms with Gasteiger partial charge in [0.05, 0.1) is 34.1 Å². The maximum atomic E-state index is 12.1. The summed E-state index contributed by atoms with van der Waals surface area (Å²) in [7, 11) is 3.16. The van der Waals surface area contributed by atoms with E-state index in [1.807, 2.05) is 36.7 Å². The third kappa shape index (κ3) is 3.48. The molecule has 0 radical (unpaired) electrons. The number of halogens is 1. The lowest BCUT2D eigenvalue weighted by molar-refractivity contribution is 0.0825. The van der Waals surface area contributed by atoms with Crippen LogP contribution in [0.5, 0.6) is 5.75 Å². The van der Waals surface area contributed by atoms with E-state index in [1.54, 1.807) is 29.3 Å². The van der Waals surface area contributed by atoms with Gasteiger partial charge in [-0.15, -0.1) is 0 Å². The molecule has 2 rings (SSSR count). The van der Waals surface area contributed by atoms with Crippen molar-refractivity contribution in [3.05, 3.63) is 44.2 Å². The monoisotopic (exact) mass is 457 g/mol. The largest absolute Gasteiger partial charge is 0.505 e. The second-order valence-corrected chi connectivity index (χ2v) is 7.02. The van der Waals surface area contributed by atoms with E-state index in [-0.39, 0.29) is 40.3 Å². The molecule has 2 aromatic carbocycles. The van der Waals surface area contributed by atoms with Crippen molar-refractivity contribution in [3.63, 3.8) is 0 Å². The van der Waals surface area contributed by atoms with Gasteiger partial charge < -0.3 is 18.4 Å². The Labute approximate surface area is 159 Å². The van der Waals surface area contributed by atoms with Crippen LogP contribution in [0.2, 0.25) is 0 Å². The lowest BCUT2D eigenvalue weighted by Gasteiger charge is -2.26. The number of para-hydroxylation sites is 1. The van der Waals surface area contributed by atoms with Crippen molar-refractivity contribution in [3.8, 4) is 5.75 Å². The zero-order chi connectivity index (χ0) is 18.9. The van der Waals surface area contributed by atoms with Gasteiger partial charge in [0.25, 0.3) is 16.8 Å². The van der Waals surface area contributed by atoms with E-state index < -0.39 is 10.9 Å². The molecule has 0 spiro atoms. The summed E-state index contributed by atoms with van der Waals surface area (Å²) in [6, 6.07) is 4.71. The zero-order valence-electron chi connectivity index (χ0n) is 14.5. The van der Waals surface area contributed by atoms with Crippen molar-refractivity contribution in [1.82, 2.24) is 4.90 Å². The van der Waals surface area contributed by atoms with Crippen molar-refractivity contribution in [2.24, 2.45) is 0 Å². The van der Waals surface area contributed by atoms with Crippen LogP contribution in [0, 0.1) is 0 Å². The van der Waals surface area contributed by atoms with E-state index >= 15 is 0 Å². The fourth-order valence-corrected chi connectivity index (χ4v) is 3.13. The predicted molar refractivity (Wildman–Crippen MR) is 107 cm³/mol. The minimum absolute atomic E-state index is 0.0692. The Balaban J connectivity index is 2.41. The number of benzene rings is 1. The molecule has 1 atom stereocenters. The molecular weight excluding hydrogens is 437 g/mol. The van der Waals surface area contributed by atoms with Gasteiger partial charge in [-0.1, -0.05) is 13.0 Å². The molecule has 8 heteroatoms. The number of hydrogen-bond donors (Lipinski definition) is 2. The van der Waals surface area contributed by atoms with E-state index in [4.69, 9.17) is 0 Å². The van der Waals surface area contributed by atoms with Crippen LogP contribution >= 0.6 is 22.9 Å². The molecule has 0 aliphatic heterocycles. The molecule has 0 bridgehead atoms. The van der Waals surface area contributed by atoms with E-state index in [0.717, 1.165) is 6.42 Å². The van der Waals surface area contributed by atoms with Crippen LogP contribution < -0.4 is 19.3 Å². The average molecular weight is 457 g/mol. The van der Waals surface area contributed by atoms with Crippen LogP contribution in [0.4, 0.5) is 17.1 Å². The van der Waals surface area contributed by atoms with E-state index in [2.05, 4.69) is 5.32 Å². The van der Waals surface area contributed by atoms with Crippen LogP contribution in [-0.4, -0.2) is 36.1 Å². The third-order valence-electron chi connectivity index (χ3n) is 4.01. The van der Waals surface area contributed by atoms with Crippen molar-refractivity contribution in [1.29, 1.82) is 0 Å². The molecule has 1 amide bonds. The van der Waals surface area contributed by atoms with Gasteiger partial charge in [-0.2, -0.15) is 0 Å². The second-order valence-electron chi connectivity index (χ2n) is 5.98. The Morgan fingerprint density at radius 1 is 1.28 bits per heavy atom. The molecular formula is C17H20IN3O4. The molecule has 0 heterocycles. The molecule has 2 N–H and O–H groups in total. The predicted octanol–water partition coefficient (Wildman–Crippen LogP) is 2.39. The summed E-state index contributed by atoms with van der Waals surface area (Å²) in [5, 5.41) is 13.2. The number of amides is 1. The Bertz CT molecular complexity index is 871. The van der Waals surface area contributed by atoms with Crippen LogP contribution in [0.3, 0.4) is 0 Å². The summed E-state index contributed by atoms with van der Waals surface area (Å²) in [4.78, 5) is 37.4. The minimum atomic E-state index is -0.635. The number of aromatic hydroxyl groups is 1. The first-order valence-corrected chi connectivity index (χ1v) is 8.76. The number of carbonyl (C=O) groups excluding carboxylic acids is 1. The van der Waals surface area contributed by atoms with Gasteiger partial charge in [0.15, 0.2) is 5.75 Å². The van der Waals surface area contributed by atoms with E-state index in [0.29, 0.717) is 0 Å². The Hall–Kier alpha value is -2.10. The fraction of sp³-hybridized carbons (Fsp3) is 0.353. The topological polar surface area (TPSA) is 89.9 Å². The number of rotatable bonds is 6. The second kappa shape index (κ2) is 7.42. The van der Waals surface area contributed by atoms with Crippen molar-refractivity contribution in [2.75, 3.05) is 22.5 Å². The first kappa shape index (κ1) is 19.2. The molecule has 0 aliphatic carbocycles. The normalized spacial score (nSPS) is 12.0. The molecule has 134 valence electrons. The average Bonchev–Trinajstić information content (AvgIpc) is 2.60. The van der Waals surface area contributed by atoms with Gasteiger partial charge in [0, 0.05) is 20.1 Å². The smallest absolute Gasteiger partial charge is 0.257 e. The Kier molecular flexibility index (Phi) is 5.71. The number of phenols is 1. The van der Waals surface area contributed by atoms with Gasteiger partial charge in [-0.05, 0) is 25.5 Å². The quantitative estimate of drug-likeness (QED) is 0.300. The molecule has 0 saturated heterocycles. The molecule has 0 aromatic heterocycles. The molecule has 0 fully saturated rings. The SMILES string of the molecule is CCC(C)N(I)c1c(Nc2cccc(C(=O)N(C)C)c2O)c(=O)c1=O. The maximum Gasteiger partial charge on any atom is 0.257 e. The number of nitrogens with one attached hydrogen (secondary N) is 1. The van der Waals surface area contributed by atoms with Crippen molar-refractivity contribution < 1.29 is 9.90 Å². The summed E-state index contributed by atoms with van der Waals surface area (Å²) in [5.74, 6) is -0.620.